The molecule has 2 saturated carbocycles. The maximum Gasteiger partial charge on any atom is 0.174 e. The molecule has 112 valence electrons. The molecule has 3 atom stereocenters. The Balaban J connectivity index is 1.69. The Labute approximate surface area is 127 Å². The summed E-state index contributed by atoms with van der Waals surface area (Å²) in [5.41, 5.74) is 1.96. The number of nitrogens with zero attached hydrogens (tertiary/aromatic N) is 1. The SMILES string of the molecule is CC1(C)C2CCC1(C)C(Nc1ccc(OCC#N)cc1)C2. The summed E-state index contributed by atoms with van der Waals surface area (Å²) in [5.74, 6) is 1.60. The van der Waals surface area contributed by atoms with Crippen LogP contribution in [0.15, 0.2) is 24.3 Å². The molecule has 1 aromatic carbocycles. The van der Waals surface area contributed by atoms with E-state index < -0.39 is 0 Å². The molecular formula is C18H24N2O. The summed E-state index contributed by atoms with van der Waals surface area (Å²) in [6, 6.07) is 10.5. The Bertz CT molecular complexity index is 558. The molecule has 2 bridgehead atoms. The van der Waals surface area contributed by atoms with Crippen molar-refractivity contribution in [3.63, 3.8) is 0 Å². The summed E-state index contributed by atoms with van der Waals surface area (Å²) in [7, 11) is 0. The largest absolute Gasteiger partial charge is 0.479 e. The summed E-state index contributed by atoms with van der Waals surface area (Å²) < 4.78 is 5.29. The van der Waals surface area contributed by atoms with Crippen molar-refractivity contribution in [2.24, 2.45) is 16.7 Å². The van der Waals surface area contributed by atoms with Crippen molar-refractivity contribution >= 4 is 5.69 Å². The van der Waals surface area contributed by atoms with Crippen LogP contribution in [0.25, 0.3) is 0 Å². The lowest BCUT2D eigenvalue weighted by molar-refractivity contribution is 0.142. The van der Waals surface area contributed by atoms with E-state index in [2.05, 4.69) is 38.2 Å². The number of rotatable bonds is 4. The average Bonchev–Trinajstić information content (AvgIpc) is 2.80. The van der Waals surface area contributed by atoms with Crippen molar-refractivity contribution in [2.45, 2.75) is 46.1 Å². The topological polar surface area (TPSA) is 45.0 Å². The van der Waals surface area contributed by atoms with E-state index in [4.69, 9.17) is 10.00 Å². The summed E-state index contributed by atoms with van der Waals surface area (Å²) in [6.45, 7) is 7.42. The number of benzene rings is 1. The molecule has 3 nitrogen and oxygen atoms in total. The minimum absolute atomic E-state index is 0.101. The van der Waals surface area contributed by atoms with Gasteiger partial charge in [-0.25, -0.2) is 0 Å². The number of nitriles is 1. The lowest BCUT2D eigenvalue weighted by atomic mass is 9.69. The standard InChI is InChI=1S/C18H24N2O/c1-17(2)13-8-9-18(17,3)16(12-13)20-14-4-6-15(7-5-14)21-11-10-19/h4-7,13,16,20H,8-9,11-12H2,1-3H3. The molecule has 0 heterocycles. The molecular weight excluding hydrogens is 260 g/mol. The first kappa shape index (κ1) is 14.3. The molecule has 3 rings (SSSR count). The molecule has 0 spiro atoms. The molecule has 2 aliphatic rings. The number of anilines is 1. The van der Waals surface area contributed by atoms with Crippen LogP contribution >= 0.6 is 0 Å². The third-order valence-corrected chi connectivity index (χ3v) is 6.29. The summed E-state index contributed by atoms with van der Waals surface area (Å²) in [5, 5.41) is 12.3. The first-order valence-corrected chi connectivity index (χ1v) is 7.84. The molecule has 0 radical (unpaired) electrons. The first-order chi connectivity index (χ1) is 9.97. The first-order valence-electron chi connectivity index (χ1n) is 7.84. The van der Waals surface area contributed by atoms with Crippen LogP contribution < -0.4 is 10.1 Å². The average molecular weight is 284 g/mol. The van der Waals surface area contributed by atoms with Gasteiger partial charge in [-0.1, -0.05) is 20.8 Å². The number of hydrogen-bond donors (Lipinski definition) is 1. The molecule has 3 heteroatoms. The second kappa shape index (κ2) is 4.94. The van der Waals surface area contributed by atoms with Gasteiger partial charge in [0.2, 0.25) is 0 Å². The Morgan fingerprint density at radius 1 is 1.29 bits per heavy atom. The monoisotopic (exact) mass is 284 g/mol. The van der Waals surface area contributed by atoms with Gasteiger partial charge in [0, 0.05) is 11.7 Å². The number of ether oxygens (including phenoxy) is 1. The van der Waals surface area contributed by atoms with Crippen molar-refractivity contribution in [3.8, 4) is 11.8 Å². The predicted molar refractivity (Wildman–Crippen MR) is 84.2 cm³/mol. The van der Waals surface area contributed by atoms with E-state index in [-0.39, 0.29) is 6.61 Å². The van der Waals surface area contributed by atoms with Gasteiger partial charge >= 0.3 is 0 Å². The number of fused-ring (bicyclic) bond motifs is 2. The highest BCUT2D eigenvalue weighted by Gasteiger charge is 2.61. The third kappa shape index (κ3) is 2.18. The van der Waals surface area contributed by atoms with E-state index >= 15 is 0 Å². The zero-order valence-corrected chi connectivity index (χ0v) is 13.1. The van der Waals surface area contributed by atoms with Gasteiger partial charge in [-0.3, -0.25) is 0 Å². The van der Waals surface area contributed by atoms with Gasteiger partial charge in [-0.05, 0) is 60.3 Å². The van der Waals surface area contributed by atoms with Gasteiger partial charge in [-0.2, -0.15) is 5.26 Å². The van der Waals surface area contributed by atoms with Crippen LogP contribution in [-0.2, 0) is 0 Å². The zero-order chi connectivity index (χ0) is 15.1. The molecule has 1 N–H and O–H groups in total. The Morgan fingerprint density at radius 3 is 2.52 bits per heavy atom. The van der Waals surface area contributed by atoms with E-state index in [0.29, 0.717) is 16.9 Å². The second-order valence-electron chi connectivity index (χ2n) is 7.28. The quantitative estimate of drug-likeness (QED) is 0.900. The molecule has 3 unspecified atom stereocenters. The maximum atomic E-state index is 8.52. The molecule has 0 amide bonds. The van der Waals surface area contributed by atoms with Crippen LogP contribution in [0.2, 0.25) is 0 Å². The van der Waals surface area contributed by atoms with Crippen molar-refractivity contribution in [3.05, 3.63) is 24.3 Å². The van der Waals surface area contributed by atoms with Gasteiger partial charge in [0.15, 0.2) is 6.61 Å². The van der Waals surface area contributed by atoms with Crippen molar-refractivity contribution in [1.29, 1.82) is 5.26 Å². The molecule has 2 fully saturated rings. The predicted octanol–water partition coefficient (Wildman–Crippen LogP) is 4.22. The zero-order valence-electron chi connectivity index (χ0n) is 13.1. The summed E-state index contributed by atoms with van der Waals surface area (Å²) in [4.78, 5) is 0. The van der Waals surface area contributed by atoms with Gasteiger partial charge in [0.05, 0.1) is 0 Å². The minimum atomic E-state index is 0.101. The normalized spacial score (nSPS) is 32.7. The smallest absolute Gasteiger partial charge is 0.174 e. The number of nitrogens with one attached hydrogen (secondary N) is 1. The van der Waals surface area contributed by atoms with E-state index in [1.807, 2.05) is 18.2 Å². The van der Waals surface area contributed by atoms with Crippen molar-refractivity contribution < 1.29 is 4.74 Å². The van der Waals surface area contributed by atoms with Gasteiger partial charge in [0.25, 0.3) is 0 Å². The molecule has 2 aliphatic carbocycles. The van der Waals surface area contributed by atoms with Gasteiger partial charge < -0.3 is 10.1 Å². The Kier molecular flexibility index (Phi) is 3.36. The van der Waals surface area contributed by atoms with E-state index in [9.17, 15) is 0 Å². The fraction of sp³-hybridized carbons (Fsp3) is 0.611. The minimum Gasteiger partial charge on any atom is -0.479 e. The van der Waals surface area contributed by atoms with Crippen LogP contribution in [0.4, 0.5) is 5.69 Å². The molecule has 21 heavy (non-hydrogen) atoms. The molecule has 0 aliphatic heterocycles. The Morgan fingerprint density at radius 2 is 2.00 bits per heavy atom. The highest BCUT2D eigenvalue weighted by Crippen LogP contribution is 2.65. The molecule has 1 aromatic rings. The lowest BCUT2D eigenvalue weighted by Crippen LogP contribution is -2.40. The van der Waals surface area contributed by atoms with Crippen LogP contribution in [0.1, 0.15) is 40.0 Å². The highest BCUT2D eigenvalue weighted by atomic mass is 16.5. The van der Waals surface area contributed by atoms with Crippen LogP contribution in [0, 0.1) is 28.1 Å². The Hall–Kier alpha value is -1.69. The van der Waals surface area contributed by atoms with E-state index in [1.165, 1.54) is 19.3 Å². The second-order valence-corrected chi connectivity index (χ2v) is 7.28. The van der Waals surface area contributed by atoms with Crippen molar-refractivity contribution in [1.82, 2.24) is 0 Å². The fourth-order valence-corrected chi connectivity index (χ4v) is 4.39. The van der Waals surface area contributed by atoms with Crippen LogP contribution in [0.3, 0.4) is 0 Å². The maximum absolute atomic E-state index is 8.52. The van der Waals surface area contributed by atoms with E-state index in [1.54, 1.807) is 0 Å². The fourth-order valence-electron chi connectivity index (χ4n) is 4.39. The highest BCUT2D eigenvalue weighted by molar-refractivity contribution is 5.48. The van der Waals surface area contributed by atoms with Crippen LogP contribution in [0.5, 0.6) is 5.75 Å². The van der Waals surface area contributed by atoms with Crippen molar-refractivity contribution in [2.75, 3.05) is 11.9 Å². The molecule has 0 saturated heterocycles. The van der Waals surface area contributed by atoms with Crippen LogP contribution in [-0.4, -0.2) is 12.6 Å². The lowest BCUT2D eigenvalue weighted by Gasteiger charge is -2.40. The third-order valence-electron chi connectivity index (χ3n) is 6.29. The summed E-state index contributed by atoms with van der Waals surface area (Å²) in [6.07, 6.45) is 3.98. The number of hydrogen-bond acceptors (Lipinski definition) is 3. The van der Waals surface area contributed by atoms with E-state index in [0.717, 1.165) is 17.4 Å². The van der Waals surface area contributed by atoms with Gasteiger partial charge in [0.1, 0.15) is 11.8 Å². The summed E-state index contributed by atoms with van der Waals surface area (Å²) >= 11 is 0. The van der Waals surface area contributed by atoms with Gasteiger partial charge in [-0.15, -0.1) is 0 Å². The molecule has 0 aromatic heterocycles.